The number of rotatable bonds is 5. The van der Waals surface area contributed by atoms with Crippen molar-refractivity contribution in [2.45, 2.75) is 39.7 Å². The van der Waals surface area contributed by atoms with Gasteiger partial charge in [-0.25, -0.2) is 0 Å². The van der Waals surface area contributed by atoms with E-state index in [9.17, 15) is 9.59 Å². The maximum atomic E-state index is 13.1. The summed E-state index contributed by atoms with van der Waals surface area (Å²) in [6, 6.07) is 13.0. The number of aromatic nitrogens is 1. The van der Waals surface area contributed by atoms with Crippen molar-refractivity contribution in [1.29, 1.82) is 0 Å². The van der Waals surface area contributed by atoms with E-state index in [4.69, 9.17) is 4.74 Å². The van der Waals surface area contributed by atoms with E-state index in [-0.39, 0.29) is 23.8 Å². The summed E-state index contributed by atoms with van der Waals surface area (Å²) in [7, 11) is 1.63. The molecule has 1 aliphatic rings. The standard InChI is InChI=1S/C24H31N3O3/c1-24(2,3)23(29)27-15-12-18(13-16-27)22(28)26-21(20-7-5-6-14-25-20)17-8-10-19(30-4)11-9-17/h5-11,14,18,21H,12-13,15-16H2,1-4H3,(H,26,28). The fourth-order valence-corrected chi connectivity index (χ4v) is 3.75. The molecular formula is C24H31N3O3. The highest BCUT2D eigenvalue weighted by atomic mass is 16.5. The van der Waals surface area contributed by atoms with Crippen LogP contribution in [0.15, 0.2) is 48.7 Å². The molecule has 0 radical (unpaired) electrons. The van der Waals surface area contributed by atoms with Crippen LogP contribution < -0.4 is 10.1 Å². The minimum absolute atomic E-state index is 0.00401. The van der Waals surface area contributed by atoms with Crippen molar-refractivity contribution in [3.8, 4) is 5.75 Å². The number of nitrogens with zero attached hydrogens (tertiary/aromatic N) is 2. The molecular weight excluding hydrogens is 378 g/mol. The summed E-state index contributed by atoms with van der Waals surface area (Å²) in [5.74, 6) is 0.800. The van der Waals surface area contributed by atoms with Gasteiger partial charge in [-0.3, -0.25) is 14.6 Å². The molecule has 0 bridgehead atoms. The molecule has 0 saturated carbocycles. The molecule has 6 nitrogen and oxygen atoms in total. The van der Waals surface area contributed by atoms with Crippen molar-refractivity contribution in [3.05, 3.63) is 59.9 Å². The monoisotopic (exact) mass is 409 g/mol. The Morgan fingerprint density at radius 2 is 1.77 bits per heavy atom. The molecule has 1 aromatic carbocycles. The molecule has 2 aromatic rings. The molecule has 2 heterocycles. The summed E-state index contributed by atoms with van der Waals surface area (Å²) < 4.78 is 5.25. The van der Waals surface area contributed by atoms with E-state index in [1.807, 2.05) is 68.1 Å². The van der Waals surface area contributed by atoms with Gasteiger partial charge in [0.05, 0.1) is 18.8 Å². The second-order valence-corrected chi connectivity index (χ2v) is 8.79. The average molecular weight is 410 g/mol. The summed E-state index contributed by atoms with van der Waals surface area (Å²) in [4.78, 5) is 31.9. The van der Waals surface area contributed by atoms with Gasteiger partial charge >= 0.3 is 0 Å². The Kier molecular flexibility index (Phi) is 6.75. The van der Waals surface area contributed by atoms with Gasteiger partial charge in [0.15, 0.2) is 0 Å². The van der Waals surface area contributed by atoms with Crippen LogP contribution in [0.3, 0.4) is 0 Å². The van der Waals surface area contributed by atoms with E-state index in [2.05, 4.69) is 10.3 Å². The number of amides is 2. The van der Waals surface area contributed by atoms with E-state index in [1.165, 1.54) is 0 Å². The van der Waals surface area contributed by atoms with Gasteiger partial charge in [-0.05, 0) is 42.7 Å². The number of carbonyl (C=O) groups is 2. The lowest BCUT2D eigenvalue weighted by molar-refractivity contribution is -0.142. The van der Waals surface area contributed by atoms with Gasteiger partial charge < -0.3 is 15.0 Å². The highest BCUT2D eigenvalue weighted by Gasteiger charge is 2.33. The van der Waals surface area contributed by atoms with Gasteiger partial charge in [-0.2, -0.15) is 0 Å². The van der Waals surface area contributed by atoms with Crippen LogP contribution in [0, 0.1) is 11.3 Å². The van der Waals surface area contributed by atoms with Crippen molar-refractivity contribution < 1.29 is 14.3 Å². The van der Waals surface area contributed by atoms with E-state index < -0.39 is 5.41 Å². The lowest BCUT2D eigenvalue weighted by Gasteiger charge is -2.35. The lowest BCUT2D eigenvalue weighted by atomic mass is 9.90. The zero-order valence-corrected chi connectivity index (χ0v) is 18.2. The Morgan fingerprint density at radius 1 is 1.10 bits per heavy atom. The maximum absolute atomic E-state index is 13.1. The number of methoxy groups -OCH3 is 1. The molecule has 160 valence electrons. The lowest BCUT2D eigenvalue weighted by Crippen LogP contribution is -2.47. The molecule has 1 aliphatic heterocycles. The van der Waals surface area contributed by atoms with E-state index in [0.29, 0.717) is 25.9 Å². The molecule has 0 spiro atoms. The molecule has 1 atom stereocenters. The number of nitrogens with one attached hydrogen (secondary N) is 1. The summed E-state index contributed by atoms with van der Waals surface area (Å²) in [6.45, 7) is 7.03. The predicted octanol–water partition coefficient (Wildman–Crippen LogP) is 3.58. The van der Waals surface area contributed by atoms with E-state index in [0.717, 1.165) is 17.0 Å². The van der Waals surface area contributed by atoms with Crippen molar-refractivity contribution in [2.75, 3.05) is 20.2 Å². The topological polar surface area (TPSA) is 71.5 Å². The summed E-state index contributed by atoms with van der Waals surface area (Å²) in [5, 5.41) is 3.19. The first-order chi connectivity index (χ1) is 14.3. The van der Waals surface area contributed by atoms with Gasteiger partial charge in [-0.1, -0.05) is 39.0 Å². The number of pyridine rings is 1. The Labute approximate surface area is 178 Å². The second kappa shape index (κ2) is 9.28. The number of ether oxygens (including phenoxy) is 1. The van der Waals surface area contributed by atoms with Gasteiger partial charge in [0, 0.05) is 30.6 Å². The number of hydrogen-bond donors (Lipinski definition) is 1. The minimum Gasteiger partial charge on any atom is -0.497 e. The van der Waals surface area contributed by atoms with Crippen molar-refractivity contribution in [1.82, 2.24) is 15.2 Å². The fourth-order valence-electron chi connectivity index (χ4n) is 3.75. The number of carbonyl (C=O) groups excluding carboxylic acids is 2. The highest BCUT2D eigenvalue weighted by molar-refractivity contribution is 5.83. The molecule has 6 heteroatoms. The first-order valence-electron chi connectivity index (χ1n) is 10.4. The maximum Gasteiger partial charge on any atom is 0.227 e. The average Bonchev–Trinajstić information content (AvgIpc) is 2.77. The van der Waals surface area contributed by atoms with Crippen LogP contribution in [0.1, 0.15) is 50.9 Å². The zero-order valence-electron chi connectivity index (χ0n) is 18.2. The van der Waals surface area contributed by atoms with E-state index in [1.54, 1.807) is 13.3 Å². The van der Waals surface area contributed by atoms with E-state index >= 15 is 0 Å². The smallest absolute Gasteiger partial charge is 0.227 e. The molecule has 30 heavy (non-hydrogen) atoms. The largest absolute Gasteiger partial charge is 0.497 e. The first-order valence-corrected chi connectivity index (χ1v) is 10.4. The Balaban J connectivity index is 1.70. The number of likely N-dealkylation sites (tertiary alicyclic amines) is 1. The van der Waals surface area contributed by atoms with Crippen LogP contribution in [0.5, 0.6) is 5.75 Å². The van der Waals surface area contributed by atoms with Crippen molar-refractivity contribution in [3.63, 3.8) is 0 Å². The predicted molar refractivity (Wildman–Crippen MR) is 116 cm³/mol. The molecule has 1 fully saturated rings. The van der Waals surface area contributed by atoms with Gasteiger partial charge in [0.2, 0.25) is 11.8 Å². The zero-order chi connectivity index (χ0) is 21.7. The SMILES string of the molecule is COc1ccc(C(NC(=O)C2CCN(C(=O)C(C)(C)C)CC2)c2ccccn2)cc1. The molecule has 0 aliphatic carbocycles. The molecule has 1 N–H and O–H groups in total. The summed E-state index contributed by atoms with van der Waals surface area (Å²) in [5.41, 5.74) is 1.34. The molecule has 2 amide bonds. The summed E-state index contributed by atoms with van der Waals surface area (Å²) >= 11 is 0. The van der Waals surface area contributed by atoms with Crippen LogP contribution in [0.2, 0.25) is 0 Å². The van der Waals surface area contributed by atoms with Crippen LogP contribution in [-0.4, -0.2) is 41.9 Å². The van der Waals surface area contributed by atoms with Crippen molar-refractivity contribution in [2.24, 2.45) is 11.3 Å². The third-order valence-electron chi connectivity index (χ3n) is 5.51. The highest BCUT2D eigenvalue weighted by Crippen LogP contribution is 2.27. The van der Waals surface area contributed by atoms with Gasteiger partial charge in [-0.15, -0.1) is 0 Å². The van der Waals surface area contributed by atoms with Gasteiger partial charge in [0.1, 0.15) is 5.75 Å². The normalized spacial score (nSPS) is 16.1. The van der Waals surface area contributed by atoms with Crippen LogP contribution in [0.25, 0.3) is 0 Å². The van der Waals surface area contributed by atoms with Crippen molar-refractivity contribution >= 4 is 11.8 Å². The van der Waals surface area contributed by atoms with Crippen LogP contribution >= 0.6 is 0 Å². The second-order valence-electron chi connectivity index (χ2n) is 8.79. The molecule has 1 aromatic heterocycles. The Morgan fingerprint density at radius 3 is 2.30 bits per heavy atom. The number of hydrogen-bond acceptors (Lipinski definition) is 4. The minimum atomic E-state index is -0.395. The molecule has 1 saturated heterocycles. The van der Waals surface area contributed by atoms with Crippen LogP contribution in [0.4, 0.5) is 0 Å². The number of piperidine rings is 1. The first kappa shape index (κ1) is 21.8. The number of benzene rings is 1. The third-order valence-corrected chi connectivity index (χ3v) is 5.51. The van der Waals surface area contributed by atoms with Crippen LogP contribution in [-0.2, 0) is 9.59 Å². The fraction of sp³-hybridized carbons (Fsp3) is 0.458. The Bertz CT molecular complexity index is 852. The third kappa shape index (κ3) is 5.17. The summed E-state index contributed by atoms with van der Waals surface area (Å²) in [6.07, 6.45) is 3.07. The quantitative estimate of drug-likeness (QED) is 0.819. The molecule has 1 unspecified atom stereocenters. The van der Waals surface area contributed by atoms with Gasteiger partial charge in [0.25, 0.3) is 0 Å². The molecule has 3 rings (SSSR count). The Hall–Kier alpha value is -2.89.